The maximum atomic E-state index is 11.6. The predicted molar refractivity (Wildman–Crippen MR) is 108 cm³/mol. The second-order valence-electron chi connectivity index (χ2n) is 6.58. The minimum Gasteiger partial charge on any atom is -0.356 e. The minimum atomic E-state index is 0. The zero-order valence-corrected chi connectivity index (χ0v) is 17.6. The van der Waals surface area contributed by atoms with E-state index >= 15 is 0 Å². The summed E-state index contributed by atoms with van der Waals surface area (Å²) in [5.74, 6) is 2.66. The third-order valence-electron chi connectivity index (χ3n) is 4.45. The second kappa shape index (κ2) is 12.8. The van der Waals surface area contributed by atoms with Gasteiger partial charge in [0.15, 0.2) is 5.96 Å². The van der Waals surface area contributed by atoms with Crippen LogP contribution in [0, 0.1) is 11.8 Å². The standard InChI is InChI=1S/C17H34N4O.HI/c1-5-11-19-16(22)10-12-20-17(18-3)21(4)13-15-8-6-14(2)7-9-15;/h14-15H,5-13H2,1-4H3,(H,18,20)(H,19,22);1H. The van der Waals surface area contributed by atoms with Crippen LogP contribution in [0.15, 0.2) is 4.99 Å². The van der Waals surface area contributed by atoms with E-state index in [-0.39, 0.29) is 29.9 Å². The minimum absolute atomic E-state index is 0. The molecule has 1 aliphatic carbocycles. The highest BCUT2D eigenvalue weighted by Gasteiger charge is 2.20. The molecular formula is C17H35IN4O. The summed E-state index contributed by atoms with van der Waals surface area (Å²) in [6.07, 6.45) is 6.81. The van der Waals surface area contributed by atoms with Crippen molar-refractivity contribution in [2.45, 2.75) is 52.4 Å². The zero-order valence-electron chi connectivity index (χ0n) is 15.2. The molecular weight excluding hydrogens is 403 g/mol. The number of carbonyl (C=O) groups excluding carboxylic acids is 1. The third-order valence-corrected chi connectivity index (χ3v) is 4.45. The van der Waals surface area contributed by atoms with Gasteiger partial charge < -0.3 is 15.5 Å². The highest BCUT2D eigenvalue weighted by molar-refractivity contribution is 14.0. The molecule has 1 saturated carbocycles. The van der Waals surface area contributed by atoms with Crippen LogP contribution in [-0.4, -0.2) is 50.5 Å². The number of amides is 1. The van der Waals surface area contributed by atoms with Gasteiger partial charge >= 0.3 is 0 Å². The molecule has 2 N–H and O–H groups in total. The van der Waals surface area contributed by atoms with E-state index < -0.39 is 0 Å². The van der Waals surface area contributed by atoms with Crippen LogP contribution >= 0.6 is 24.0 Å². The SMILES string of the molecule is CCCNC(=O)CCNC(=NC)N(C)CC1CCC(C)CC1.I. The van der Waals surface area contributed by atoms with Crippen molar-refractivity contribution in [1.29, 1.82) is 0 Å². The normalized spacial score (nSPS) is 21.3. The third kappa shape index (κ3) is 9.37. The van der Waals surface area contributed by atoms with Gasteiger partial charge in [0, 0.05) is 40.2 Å². The average Bonchev–Trinajstić information content (AvgIpc) is 2.51. The Labute approximate surface area is 159 Å². The fourth-order valence-electron chi connectivity index (χ4n) is 3.01. The summed E-state index contributed by atoms with van der Waals surface area (Å²) >= 11 is 0. The molecule has 0 radical (unpaired) electrons. The van der Waals surface area contributed by atoms with Gasteiger partial charge in [0.05, 0.1) is 0 Å². The molecule has 0 atom stereocenters. The molecule has 23 heavy (non-hydrogen) atoms. The van der Waals surface area contributed by atoms with E-state index in [1.54, 1.807) is 7.05 Å². The van der Waals surface area contributed by atoms with E-state index in [9.17, 15) is 4.79 Å². The van der Waals surface area contributed by atoms with Crippen LogP contribution in [0.3, 0.4) is 0 Å². The Morgan fingerprint density at radius 2 is 1.83 bits per heavy atom. The molecule has 0 spiro atoms. The Morgan fingerprint density at radius 1 is 1.17 bits per heavy atom. The van der Waals surface area contributed by atoms with Gasteiger partial charge in [0.25, 0.3) is 0 Å². The fraction of sp³-hybridized carbons (Fsp3) is 0.882. The van der Waals surface area contributed by atoms with E-state index in [2.05, 4.69) is 41.4 Å². The first-order chi connectivity index (χ1) is 10.6. The number of halogens is 1. The highest BCUT2D eigenvalue weighted by atomic mass is 127. The molecule has 0 aromatic rings. The van der Waals surface area contributed by atoms with Crippen molar-refractivity contribution in [3.63, 3.8) is 0 Å². The van der Waals surface area contributed by atoms with Crippen LogP contribution in [0.1, 0.15) is 52.4 Å². The molecule has 0 bridgehead atoms. The van der Waals surface area contributed by atoms with Gasteiger partial charge in [0.2, 0.25) is 5.91 Å². The molecule has 136 valence electrons. The lowest BCUT2D eigenvalue weighted by Gasteiger charge is -2.31. The number of nitrogens with one attached hydrogen (secondary N) is 2. The molecule has 0 heterocycles. The Balaban J connectivity index is 0.00000484. The van der Waals surface area contributed by atoms with Gasteiger partial charge in [-0.2, -0.15) is 0 Å². The lowest BCUT2D eigenvalue weighted by Crippen LogP contribution is -2.43. The van der Waals surface area contributed by atoms with Gasteiger partial charge in [-0.05, 0) is 31.1 Å². The van der Waals surface area contributed by atoms with Crippen molar-refractivity contribution in [2.75, 3.05) is 33.7 Å². The molecule has 5 nitrogen and oxygen atoms in total. The average molecular weight is 438 g/mol. The Bertz CT molecular complexity index is 355. The molecule has 0 aromatic heterocycles. The Morgan fingerprint density at radius 3 is 2.39 bits per heavy atom. The molecule has 0 saturated heterocycles. The molecule has 6 heteroatoms. The largest absolute Gasteiger partial charge is 0.356 e. The van der Waals surface area contributed by atoms with Gasteiger partial charge in [0.1, 0.15) is 0 Å². The summed E-state index contributed by atoms with van der Waals surface area (Å²) in [6.45, 7) is 6.85. The van der Waals surface area contributed by atoms with E-state index in [1.165, 1.54) is 25.7 Å². The summed E-state index contributed by atoms with van der Waals surface area (Å²) in [5, 5.41) is 6.18. The van der Waals surface area contributed by atoms with E-state index in [0.717, 1.165) is 37.3 Å². The van der Waals surface area contributed by atoms with Crippen LogP contribution in [0.25, 0.3) is 0 Å². The van der Waals surface area contributed by atoms with Gasteiger partial charge in [-0.15, -0.1) is 24.0 Å². The molecule has 0 aromatic carbocycles. The van der Waals surface area contributed by atoms with E-state index in [4.69, 9.17) is 0 Å². The van der Waals surface area contributed by atoms with Gasteiger partial charge in [-0.25, -0.2) is 0 Å². The monoisotopic (exact) mass is 438 g/mol. The van der Waals surface area contributed by atoms with Crippen LogP contribution in [-0.2, 0) is 4.79 Å². The van der Waals surface area contributed by atoms with Crippen LogP contribution < -0.4 is 10.6 Å². The molecule has 0 unspecified atom stereocenters. The maximum absolute atomic E-state index is 11.6. The number of hydrogen-bond acceptors (Lipinski definition) is 2. The summed E-state index contributed by atoms with van der Waals surface area (Å²) in [5.41, 5.74) is 0. The number of rotatable bonds is 7. The van der Waals surface area contributed by atoms with E-state index in [0.29, 0.717) is 13.0 Å². The van der Waals surface area contributed by atoms with Crippen molar-refractivity contribution in [1.82, 2.24) is 15.5 Å². The van der Waals surface area contributed by atoms with Crippen molar-refractivity contribution < 1.29 is 4.79 Å². The van der Waals surface area contributed by atoms with Crippen LogP contribution in [0.5, 0.6) is 0 Å². The topological polar surface area (TPSA) is 56.7 Å². The lowest BCUT2D eigenvalue weighted by atomic mass is 9.83. The predicted octanol–water partition coefficient (Wildman–Crippen LogP) is 2.85. The van der Waals surface area contributed by atoms with Gasteiger partial charge in [-0.3, -0.25) is 9.79 Å². The number of guanidine groups is 1. The van der Waals surface area contributed by atoms with Crippen molar-refractivity contribution in [2.24, 2.45) is 16.8 Å². The lowest BCUT2D eigenvalue weighted by molar-refractivity contribution is -0.120. The number of nitrogens with zero attached hydrogens (tertiary/aromatic N) is 2. The highest BCUT2D eigenvalue weighted by Crippen LogP contribution is 2.28. The molecule has 1 fully saturated rings. The maximum Gasteiger partial charge on any atom is 0.221 e. The number of hydrogen-bond donors (Lipinski definition) is 2. The van der Waals surface area contributed by atoms with Gasteiger partial charge in [-0.1, -0.05) is 26.7 Å². The van der Waals surface area contributed by atoms with Crippen molar-refractivity contribution >= 4 is 35.8 Å². The summed E-state index contributed by atoms with van der Waals surface area (Å²) in [7, 11) is 3.89. The summed E-state index contributed by atoms with van der Waals surface area (Å²) in [6, 6.07) is 0. The number of aliphatic imine (C=N–C) groups is 1. The summed E-state index contributed by atoms with van der Waals surface area (Å²) < 4.78 is 0. The first-order valence-corrected chi connectivity index (χ1v) is 8.75. The Hall–Kier alpha value is -0.530. The fourth-order valence-corrected chi connectivity index (χ4v) is 3.01. The first kappa shape index (κ1) is 22.5. The second-order valence-corrected chi connectivity index (χ2v) is 6.58. The zero-order chi connectivity index (χ0) is 16.4. The van der Waals surface area contributed by atoms with Crippen molar-refractivity contribution in [3.8, 4) is 0 Å². The number of carbonyl (C=O) groups is 1. The quantitative estimate of drug-likeness (QED) is 0.365. The molecule has 0 aliphatic heterocycles. The van der Waals surface area contributed by atoms with Crippen molar-refractivity contribution in [3.05, 3.63) is 0 Å². The molecule has 1 amide bonds. The van der Waals surface area contributed by atoms with Crippen LogP contribution in [0.4, 0.5) is 0 Å². The molecule has 1 aliphatic rings. The molecule has 1 rings (SSSR count). The first-order valence-electron chi connectivity index (χ1n) is 8.75. The summed E-state index contributed by atoms with van der Waals surface area (Å²) in [4.78, 5) is 18.1. The van der Waals surface area contributed by atoms with E-state index in [1.807, 2.05) is 0 Å². The smallest absolute Gasteiger partial charge is 0.221 e. The van der Waals surface area contributed by atoms with Crippen LogP contribution in [0.2, 0.25) is 0 Å². The Kier molecular flexibility index (Phi) is 12.5.